The van der Waals surface area contributed by atoms with Crippen LogP contribution in [0.5, 0.6) is 0 Å². The van der Waals surface area contributed by atoms with E-state index in [9.17, 15) is 4.79 Å². The second kappa shape index (κ2) is 8.50. The molecule has 0 radical (unpaired) electrons. The van der Waals surface area contributed by atoms with E-state index in [0.717, 1.165) is 10.0 Å². The van der Waals surface area contributed by atoms with Gasteiger partial charge < -0.3 is 10.6 Å². The molecule has 27 heavy (non-hydrogen) atoms. The molecule has 0 unspecified atom stereocenters. The summed E-state index contributed by atoms with van der Waals surface area (Å²) in [5, 5.41) is 0. The summed E-state index contributed by atoms with van der Waals surface area (Å²) in [5.74, 6) is 0.624. The number of amides is 1. The minimum absolute atomic E-state index is 0.292. The van der Waals surface area contributed by atoms with E-state index in [-0.39, 0.29) is 5.91 Å². The first-order valence-corrected chi connectivity index (χ1v) is 9.01. The van der Waals surface area contributed by atoms with Gasteiger partial charge in [0.2, 0.25) is 0 Å². The summed E-state index contributed by atoms with van der Waals surface area (Å²) in [6.07, 6.45) is 1.40. The van der Waals surface area contributed by atoms with Gasteiger partial charge in [0.05, 0.1) is 0 Å². The highest BCUT2D eigenvalue weighted by Gasteiger charge is 2.13. The monoisotopic (exact) mass is 426 g/mol. The third-order valence-electron chi connectivity index (χ3n) is 3.89. The first-order valence-electron chi connectivity index (χ1n) is 8.22. The van der Waals surface area contributed by atoms with Crippen LogP contribution in [-0.2, 0) is 6.54 Å². The van der Waals surface area contributed by atoms with Gasteiger partial charge in [0.25, 0.3) is 5.91 Å². The molecule has 138 valence electrons. The summed E-state index contributed by atoms with van der Waals surface area (Å²) in [6.45, 7) is 0.646. The Morgan fingerprint density at radius 1 is 1.11 bits per heavy atom. The summed E-state index contributed by atoms with van der Waals surface area (Å²) in [6, 6.07) is 17.0. The zero-order valence-corrected chi connectivity index (χ0v) is 16.3. The lowest BCUT2D eigenvalue weighted by molar-refractivity contribution is 0.0962. The molecule has 7 nitrogen and oxygen atoms in total. The molecule has 0 aliphatic rings. The Balaban J connectivity index is 1.69. The van der Waals surface area contributed by atoms with Gasteiger partial charge in [-0.15, -0.1) is 0 Å². The second-order valence-electron chi connectivity index (χ2n) is 5.89. The van der Waals surface area contributed by atoms with Crippen LogP contribution in [0.1, 0.15) is 15.9 Å². The molecule has 3 rings (SSSR count). The molecule has 0 saturated heterocycles. The lowest BCUT2D eigenvalue weighted by Crippen LogP contribution is -2.30. The van der Waals surface area contributed by atoms with Gasteiger partial charge in [-0.05, 0) is 29.8 Å². The molecule has 0 atom stereocenters. The van der Waals surface area contributed by atoms with Crippen LogP contribution in [0.25, 0.3) is 0 Å². The number of benzene rings is 2. The van der Waals surface area contributed by atoms with Crippen molar-refractivity contribution >= 4 is 39.2 Å². The van der Waals surface area contributed by atoms with Crippen molar-refractivity contribution in [2.75, 3.05) is 23.1 Å². The van der Waals surface area contributed by atoms with Gasteiger partial charge in [0.1, 0.15) is 12.0 Å². The molecule has 0 bridgehead atoms. The van der Waals surface area contributed by atoms with Crippen molar-refractivity contribution in [3.63, 3.8) is 0 Å². The number of hydrazine groups is 1. The van der Waals surface area contributed by atoms with E-state index in [1.807, 2.05) is 42.3 Å². The fourth-order valence-corrected chi connectivity index (χ4v) is 2.78. The Morgan fingerprint density at radius 2 is 1.81 bits per heavy atom. The number of nitrogens with one attached hydrogen (secondary N) is 2. The predicted molar refractivity (Wildman–Crippen MR) is 110 cm³/mol. The van der Waals surface area contributed by atoms with Gasteiger partial charge in [-0.3, -0.25) is 15.6 Å². The van der Waals surface area contributed by atoms with Crippen LogP contribution in [0.3, 0.4) is 0 Å². The molecular weight excluding hydrogens is 408 g/mol. The molecule has 8 heteroatoms. The van der Waals surface area contributed by atoms with E-state index in [2.05, 4.69) is 36.7 Å². The first-order chi connectivity index (χ1) is 13.0. The molecular formula is C19H19BrN6O. The molecule has 0 aliphatic carbocycles. The van der Waals surface area contributed by atoms with E-state index in [0.29, 0.717) is 29.4 Å². The van der Waals surface area contributed by atoms with Crippen molar-refractivity contribution < 1.29 is 4.79 Å². The summed E-state index contributed by atoms with van der Waals surface area (Å²) < 4.78 is 0.901. The molecule has 0 spiro atoms. The highest BCUT2D eigenvalue weighted by molar-refractivity contribution is 9.10. The van der Waals surface area contributed by atoms with Gasteiger partial charge in [0, 0.05) is 23.6 Å². The minimum atomic E-state index is -0.292. The molecule has 4 N–H and O–H groups in total. The first kappa shape index (κ1) is 18.7. The molecule has 1 heterocycles. The quantitative estimate of drug-likeness (QED) is 0.523. The number of nitrogens with zero attached hydrogens (tertiary/aromatic N) is 3. The smallest absolute Gasteiger partial charge is 0.269 e. The molecule has 0 fully saturated rings. The Kier molecular flexibility index (Phi) is 5.87. The van der Waals surface area contributed by atoms with Crippen molar-refractivity contribution in [2.24, 2.45) is 0 Å². The number of rotatable bonds is 6. The lowest BCUT2D eigenvalue weighted by Gasteiger charge is -2.21. The number of halogens is 1. The number of aromatic nitrogens is 2. The number of hydrogen-bond acceptors (Lipinski definition) is 6. The van der Waals surface area contributed by atoms with Crippen molar-refractivity contribution in [2.45, 2.75) is 6.54 Å². The Morgan fingerprint density at radius 3 is 2.52 bits per heavy atom. The largest absolute Gasteiger partial charge is 0.393 e. The highest BCUT2D eigenvalue weighted by atomic mass is 79.9. The van der Waals surface area contributed by atoms with Crippen LogP contribution in [0.4, 0.5) is 17.3 Å². The molecule has 2 aromatic carbocycles. The molecule has 1 aromatic heterocycles. The average Bonchev–Trinajstić information content (AvgIpc) is 2.68. The highest BCUT2D eigenvalue weighted by Crippen LogP contribution is 2.25. The number of nitrogens with two attached hydrogens (primary N) is 1. The van der Waals surface area contributed by atoms with Gasteiger partial charge in [-0.25, -0.2) is 9.97 Å². The molecule has 0 aliphatic heterocycles. The van der Waals surface area contributed by atoms with E-state index in [1.54, 1.807) is 24.3 Å². The van der Waals surface area contributed by atoms with Crippen molar-refractivity contribution in [1.82, 2.24) is 15.4 Å². The zero-order chi connectivity index (χ0) is 19.2. The maximum Gasteiger partial charge on any atom is 0.269 e. The standard InChI is InChI=1S/C19H19BrN6O/c1-26(11-13-5-3-2-4-6-13)18-16(21)17(22-12-23-18)24-25-19(27)14-7-9-15(20)10-8-14/h2-10,12H,11,21H2,1H3,(H,25,27)(H,22,23,24). The van der Waals surface area contributed by atoms with Crippen molar-refractivity contribution in [1.29, 1.82) is 0 Å². The van der Waals surface area contributed by atoms with Crippen LogP contribution in [0.15, 0.2) is 65.4 Å². The van der Waals surface area contributed by atoms with Crippen molar-refractivity contribution in [3.05, 3.63) is 76.5 Å². The fraction of sp³-hybridized carbons (Fsp3) is 0.105. The summed E-state index contributed by atoms with van der Waals surface area (Å²) >= 11 is 3.34. The zero-order valence-electron chi connectivity index (χ0n) is 14.7. The number of hydrogen-bond donors (Lipinski definition) is 3. The van der Waals surface area contributed by atoms with Crippen LogP contribution >= 0.6 is 15.9 Å². The van der Waals surface area contributed by atoms with E-state index in [4.69, 9.17) is 5.73 Å². The van der Waals surface area contributed by atoms with Gasteiger partial charge >= 0.3 is 0 Å². The van der Waals surface area contributed by atoms with E-state index >= 15 is 0 Å². The predicted octanol–water partition coefficient (Wildman–Crippen LogP) is 3.21. The van der Waals surface area contributed by atoms with Crippen molar-refractivity contribution in [3.8, 4) is 0 Å². The van der Waals surface area contributed by atoms with E-state index < -0.39 is 0 Å². The molecule has 3 aromatic rings. The minimum Gasteiger partial charge on any atom is -0.393 e. The lowest BCUT2D eigenvalue weighted by atomic mass is 10.2. The number of carbonyl (C=O) groups is 1. The molecule has 0 saturated carbocycles. The third-order valence-corrected chi connectivity index (χ3v) is 4.42. The molecule has 1 amide bonds. The Hall–Kier alpha value is -3.13. The second-order valence-corrected chi connectivity index (χ2v) is 6.80. The maximum absolute atomic E-state index is 12.2. The third kappa shape index (κ3) is 4.73. The summed E-state index contributed by atoms with van der Waals surface area (Å²) in [5.41, 5.74) is 13.6. The van der Waals surface area contributed by atoms with E-state index in [1.165, 1.54) is 6.33 Å². The van der Waals surface area contributed by atoms with Gasteiger partial charge in [-0.1, -0.05) is 46.3 Å². The van der Waals surface area contributed by atoms with Crippen LogP contribution in [0.2, 0.25) is 0 Å². The normalized spacial score (nSPS) is 10.3. The number of anilines is 3. The van der Waals surface area contributed by atoms with Crippen LogP contribution in [0, 0.1) is 0 Å². The Labute approximate surface area is 165 Å². The summed E-state index contributed by atoms with van der Waals surface area (Å²) in [7, 11) is 1.90. The van der Waals surface area contributed by atoms with Crippen LogP contribution in [-0.4, -0.2) is 22.9 Å². The number of carbonyl (C=O) groups excluding carboxylic acids is 1. The Bertz CT molecular complexity index is 917. The maximum atomic E-state index is 12.2. The van der Waals surface area contributed by atoms with Crippen LogP contribution < -0.4 is 21.5 Å². The van der Waals surface area contributed by atoms with Gasteiger partial charge in [0.15, 0.2) is 11.6 Å². The van der Waals surface area contributed by atoms with Gasteiger partial charge in [-0.2, -0.15) is 0 Å². The number of nitrogen functional groups attached to an aromatic ring is 1. The topological polar surface area (TPSA) is 96.2 Å². The summed E-state index contributed by atoms with van der Waals surface area (Å²) in [4.78, 5) is 22.5. The SMILES string of the molecule is CN(Cc1ccccc1)c1ncnc(NNC(=O)c2ccc(Br)cc2)c1N. The average molecular weight is 427 g/mol. The fourth-order valence-electron chi connectivity index (χ4n) is 2.51.